The molecule has 110 valence electrons. The lowest BCUT2D eigenvalue weighted by molar-refractivity contribution is 0.621. The van der Waals surface area contributed by atoms with Gasteiger partial charge in [0.1, 0.15) is 5.82 Å². The third-order valence-corrected chi connectivity index (χ3v) is 4.04. The molecule has 0 amide bonds. The zero-order valence-electron chi connectivity index (χ0n) is 12.4. The summed E-state index contributed by atoms with van der Waals surface area (Å²) in [6, 6.07) is 13.9. The van der Waals surface area contributed by atoms with E-state index in [4.69, 9.17) is 0 Å². The lowest BCUT2D eigenvalue weighted by Gasteiger charge is -2.24. The number of benzene rings is 2. The van der Waals surface area contributed by atoms with Crippen molar-refractivity contribution < 1.29 is 4.39 Å². The fraction of sp³-hybridized carbons (Fsp3) is 0.333. The highest BCUT2D eigenvalue weighted by molar-refractivity contribution is 5.50. The van der Waals surface area contributed by atoms with Crippen LogP contribution in [0.4, 0.5) is 10.1 Å². The third kappa shape index (κ3) is 3.24. The van der Waals surface area contributed by atoms with Gasteiger partial charge >= 0.3 is 0 Å². The topological polar surface area (TPSA) is 15.3 Å². The summed E-state index contributed by atoms with van der Waals surface area (Å²) in [5.41, 5.74) is 4.75. The van der Waals surface area contributed by atoms with Gasteiger partial charge in [0.05, 0.1) is 0 Å². The van der Waals surface area contributed by atoms with Crippen LogP contribution in [-0.2, 0) is 19.5 Å². The van der Waals surface area contributed by atoms with Gasteiger partial charge in [0.2, 0.25) is 0 Å². The van der Waals surface area contributed by atoms with E-state index in [1.54, 1.807) is 12.1 Å². The van der Waals surface area contributed by atoms with Crippen molar-refractivity contribution in [1.29, 1.82) is 0 Å². The minimum absolute atomic E-state index is 0.157. The van der Waals surface area contributed by atoms with Gasteiger partial charge in [-0.05, 0) is 54.8 Å². The number of fused-ring (bicyclic) bond motifs is 1. The van der Waals surface area contributed by atoms with Crippen molar-refractivity contribution in [3.63, 3.8) is 0 Å². The molecule has 1 heterocycles. The van der Waals surface area contributed by atoms with Gasteiger partial charge in [0.25, 0.3) is 0 Å². The zero-order chi connectivity index (χ0) is 14.7. The summed E-state index contributed by atoms with van der Waals surface area (Å²) in [5, 5.41) is 3.08. The molecule has 0 saturated carbocycles. The highest BCUT2D eigenvalue weighted by atomic mass is 19.1. The van der Waals surface area contributed by atoms with Crippen LogP contribution in [0.15, 0.2) is 42.5 Å². The molecule has 2 aromatic carbocycles. The molecule has 0 fully saturated rings. The lowest BCUT2D eigenvalue weighted by Crippen LogP contribution is -2.23. The summed E-state index contributed by atoms with van der Waals surface area (Å²) in [6.45, 7) is 2.52. The molecule has 0 saturated heterocycles. The van der Waals surface area contributed by atoms with Crippen LogP contribution in [-0.4, -0.2) is 13.6 Å². The van der Waals surface area contributed by atoms with E-state index in [1.807, 2.05) is 7.05 Å². The van der Waals surface area contributed by atoms with Crippen LogP contribution in [0.5, 0.6) is 0 Å². The number of hydrogen-bond donors (Lipinski definition) is 1. The third-order valence-electron chi connectivity index (χ3n) is 4.04. The van der Waals surface area contributed by atoms with Gasteiger partial charge in [-0.1, -0.05) is 24.3 Å². The fourth-order valence-electron chi connectivity index (χ4n) is 3.04. The number of aryl methyl sites for hydroxylation is 1. The zero-order valence-corrected chi connectivity index (χ0v) is 12.4. The largest absolute Gasteiger partial charge is 0.367 e. The molecule has 1 aliphatic rings. The molecule has 2 nitrogen and oxygen atoms in total. The maximum Gasteiger partial charge on any atom is 0.125 e. The molecule has 0 atom stereocenters. The quantitative estimate of drug-likeness (QED) is 0.928. The maximum atomic E-state index is 13.8. The van der Waals surface area contributed by atoms with Crippen molar-refractivity contribution in [2.45, 2.75) is 25.9 Å². The van der Waals surface area contributed by atoms with E-state index < -0.39 is 0 Å². The van der Waals surface area contributed by atoms with E-state index in [-0.39, 0.29) is 5.82 Å². The smallest absolute Gasteiger partial charge is 0.125 e. The van der Waals surface area contributed by atoms with Crippen molar-refractivity contribution in [2.75, 3.05) is 18.5 Å². The molecule has 21 heavy (non-hydrogen) atoms. The second kappa shape index (κ2) is 6.27. The first-order chi connectivity index (χ1) is 10.3. The Hall–Kier alpha value is -1.87. The van der Waals surface area contributed by atoms with Crippen LogP contribution < -0.4 is 10.2 Å². The Kier molecular flexibility index (Phi) is 4.20. The van der Waals surface area contributed by atoms with Crippen LogP contribution in [0.25, 0.3) is 0 Å². The number of anilines is 1. The standard InChI is InChI=1S/C18H21FN2/c1-20-12-14-9-17(19)11-18(10-14)21-8-4-7-15-5-2-3-6-16(15)13-21/h2-3,5-6,9-11,20H,4,7-8,12-13H2,1H3. The van der Waals surface area contributed by atoms with E-state index >= 15 is 0 Å². The minimum atomic E-state index is -0.157. The SMILES string of the molecule is CNCc1cc(F)cc(N2CCCc3ccccc3C2)c1. The van der Waals surface area contributed by atoms with E-state index in [0.29, 0.717) is 6.54 Å². The fourth-order valence-corrected chi connectivity index (χ4v) is 3.04. The van der Waals surface area contributed by atoms with Crippen LogP contribution in [0.1, 0.15) is 23.1 Å². The second-order valence-corrected chi connectivity index (χ2v) is 5.64. The van der Waals surface area contributed by atoms with Gasteiger partial charge in [-0.2, -0.15) is 0 Å². The van der Waals surface area contributed by atoms with Gasteiger partial charge in [-0.25, -0.2) is 4.39 Å². The van der Waals surface area contributed by atoms with Crippen LogP contribution in [0.3, 0.4) is 0 Å². The number of nitrogens with one attached hydrogen (secondary N) is 1. The average Bonchev–Trinajstić information content (AvgIpc) is 2.69. The maximum absolute atomic E-state index is 13.8. The molecule has 0 bridgehead atoms. The monoisotopic (exact) mass is 284 g/mol. The molecule has 3 rings (SSSR count). The van der Waals surface area contributed by atoms with Crippen LogP contribution in [0.2, 0.25) is 0 Å². The Labute approximate surface area is 125 Å². The summed E-state index contributed by atoms with van der Waals surface area (Å²) in [7, 11) is 1.88. The van der Waals surface area contributed by atoms with Gasteiger partial charge in [-0.15, -0.1) is 0 Å². The molecule has 0 aliphatic carbocycles. The Morgan fingerprint density at radius 3 is 2.76 bits per heavy atom. The van der Waals surface area contributed by atoms with Gasteiger partial charge in [0.15, 0.2) is 0 Å². The molecule has 1 aliphatic heterocycles. The van der Waals surface area contributed by atoms with E-state index in [2.05, 4.69) is 40.5 Å². The average molecular weight is 284 g/mol. The Bertz CT molecular complexity index is 624. The summed E-state index contributed by atoms with van der Waals surface area (Å²) in [5.74, 6) is -0.157. The normalized spacial score (nSPS) is 14.7. The summed E-state index contributed by atoms with van der Waals surface area (Å²) >= 11 is 0. The molecule has 2 aromatic rings. The predicted molar refractivity (Wildman–Crippen MR) is 85.0 cm³/mol. The molecule has 0 aromatic heterocycles. The van der Waals surface area contributed by atoms with Crippen molar-refractivity contribution in [2.24, 2.45) is 0 Å². The van der Waals surface area contributed by atoms with Crippen molar-refractivity contribution in [3.8, 4) is 0 Å². The first kappa shape index (κ1) is 14.1. The number of rotatable bonds is 3. The van der Waals surface area contributed by atoms with E-state index in [0.717, 1.165) is 37.2 Å². The molecule has 1 N–H and O–H groups in total. The molecular weight excluding hydrogens is 263 g/mol. The summed E-state index contributed by atoms with van der Waals surface area (Å²) in [4.78, 5) is 2.29. The van der Waals surface area contributed by atoms with Crippen molar-refractivity contribution >= 4 is 5.69 Å². The van der Waals surface area contributed by atoms with Crippen LogP contribution >= 0.6 is 0 Å². The molecule has 0 unspecified atom stereocenters. The predicted octanol–water partition coefficient (Wildman–Crippen LogP) is 3.50. The number of halogens is 1. The van der Waals surface area contributed by atoms with Gasteiger partial charge in [0, 0.05) is 25.3 Å². The van der Waals surface area contributed by atoms with Crippen molar-refractivity contribution in [1.82, 2.24) is 5.32 Å². The molecule has 3 heteroatoms. The number of hydrogen-bond acceptors (Lipinski definition) is 2. The van der Waals surface area contributed by atoms with Crippen LogP contribution in [0, 0.1) is 5.82 Å². The van der Waals surface area contributed by atoms with Gasteiger partial charge < -0.3 is 10.2 Å². The molecular formula is C18H21FN2. The second-order valence-electron chi connectivity index (χ2n) is 5.64. The number of nitrogens with zero attached hydrogens (tertiary/aromatic N) is 1. The minimum Gasteiger partial charge on any atom is -0.367 e. The van der Waals surface area contributed by atoms with E-state index in [1.165, 1.54) is 11.1 Å². The molecule has 0 spiro atoms. The summed E-state index contributed by atoms with van der Waals surface area (Å²) < 4.78 is 13.8. The Morgan fingerprint density at radius 1 is 1.14 bits per heavy atom. The highest BCUT2D eigenvalue weighted by Crippen LogP contribution is 2.25. The highest BCUT2D eigenvalue weighted by Gasteiger charge is 2.15. The van der Waals surface area contributed by atoms with Crippen molar-refractivity contribution in [3.05, 3.63) is 65.0 Å². The summed E-state index contributed by atoms with van der Waals surface area (Å²) in [6.07, 6.45) is 2.21. The Balaban J connectivity index is 1.90. The Morgan fingerprint density at radius 2 is 1.95 bits per heavy atom. The van der Waals surface area contributed by atoms with Gasteiger partial charge in [-0.3, -0.25) is 0 Å². The lowest BCUT2D eigenvalue weighted by atomic mass is 10.0. The van der Waals surface area contributed by atoms with E-state index in [9.17, 15) is 4.39 Å². The first-order valence-corrected chi connectivity index (χ1v) is 7.52. The molecule has 0 radical (unpaired) electrons. The first-order valence-electron chi connectivity index (χ1n) is 7.52.